The quantitative estimate of drug-likeness (QED) is 0.543. The van der Waals surface area contributed by atoms with Gasteiger partial charge in [0.1, 0.15) is 0 Å². The van der Waals surface area contributed by atoms with Crippen molar-refractivity contribution in [3.05, 3.63) is 65.7 Å². The maximum Gasteiger partial charge on any atom is 0.251 e. The molecular formula is C25H34N4O4S. The number of hydrogen-bond donors (Lipinski definition) is 1. The molecule has 0 aliphatic carbocycles. The van der Waals surface area contributed by atoms with Crippen LogP contribution in [0.4, 0.5) is 0 Å². The number of carbonyl (C=O) groups excluding carboxylic acids is 1. The number of morpholine rings is 1. The van der Waals surface area contributed by atoms with Crippen molar-refractivity contribution >= 4 is 15.9 Å². The van der Waals surface area contributed by atoms with Gasteiger partial charge in [0.25, 0.3) is 5.91 Å². The minimum atomic E-state index is -3.45. The predicted octanol–water partition coefficient (Wildman–Crippen LogP) is 1.65. The molecule has 4 rings (SSSR count). The minimum absolute atomic E-state index is 0.0531. The van der Waals surface area contributed by atoms with Crippen molar-refractivity contribution in [2.45, 2.75) is 17.9 Å². The van der Waals surface area contributed by atoms with E-state index in [1.807, 2.05) is 30.3 Å². The number of piperazine rings is 1. The molecule has 0 saturated carbocycles. The van der Waals surface area contributed by atoms with Crippen LogP contribution in [0.5, 0.6) is 0 Å². The lowest BCUT2D eigenvalue weighted by Gasteiger charge is -2.34. The average Bonchev–Trinajstić information content (AvgIpc) is 2.88. The summed E-state index contributed by atoms with van der Waals surface area (Å²) < 4.78 is 32.6. The van der Waals surface area contributed by atoms with Crippen LogP contribution < -0.4 is 5.32 Å². The summed E-state index contributed by atoms with van der Waals surface area (Å²) >= 11 is 0. The van der Waals surface area contributed by atoms with Crippen molar-refractivity contribution in [2.24, 2.45) is 0 Å². The minimum Gasteiger partial charge on any atom is -0.379 e. The third-order valence-electron chi connectivity index (χ3n) is 6.35. The molecule has 2 fully saturated rings. The van der Waals surface area contributed by atoms with Crippen molar-refractivity contribution in [1.82, 2.24) is 19.4 Å². The maximum absolute atomic E-state index is 12.8. The van der Waals surface area contributed by atoms with E-state index in [9.17, 15) is 13.2 Å². The summed E-state index contributed by atoms with van der Waals surface area (Å²) in [7, 11) is -3.45. The van der Waals surface area contributed by atoms with Crippen molar-refractivity contribution in [3.8, 4) is 0 Å². The Balaban J connectivity index is 1.23. The summed E-state index contributed by atoms with van der Waals surface area (Å²) in [6.07, 6.45) is 0.918. The Kier molecular flexibility index (Phi) is 8.69. The maximum atomic E-state index is 12.8. The van der Waals surface area contributed by atoms with Gasteiger partial charge < -0.3 is 10.1 Å². The molecule has 2 aliphatic rings. The van der Waals surface area contributed by atoms with Gasteiger partial charge in [-0.1, -0.05) is 30.3 Å². The number of ether oxygens (including phenoxy) is 1. The van der Waals surface area contributed by atoms with E-state index in [0.717, 1.165) is 44.8 Å². The van der Waals surface area contributed by atoms with Gasteiger partial charge in [0.2, 0.25) is 10.0 Å². The Morgan fingerprint density at radius 2 is 1.62 bits per heavy atom. The van der Waals surface area contributed by atoms with Gasteiger partial charge in [-0.2, -0.15) is 4.31 Å². The highest BCUT2D eigenvalue weighted by molar-refractivity contribution is 7.89. The highest BCUT2D eigenvalue weighted by atomic mass is 32.2. The summed E-state index contributed by atoms with van der Waals surface area (Å²) in [4.78, 5) is 17.5. The van der Waals surface area contributed by atoms with E-state index in [4.69, 9.17) is 4.74 Å². The van der Waals surface area contributed by atoms with E-state index in [-0.39, 0.29) is 5.91 Å². The number of nitrogens with zero attached hydrogens (tertiary/aromatic N) is 3. The predicted molar refractivity (Wildman–Crippen MR) is 131 cm³/mol. The second-order valence-corrected chi connectivity index (χ2v) is 10.7. The van der Waals surface area contributed by atoms with Crippen molar-refractivity contribution in [3.63, 3.8) is 0 Å². The van der Waals surface area contributed by atoms with Crippen molar-refractivity contribution in [1.29, 1.82) is 0 Å². The first-order chi connectivity index (χ1) is 16.5. The van der Waals surface area contributed by atoms with Crippen LogP contribution in [-0.4, -0.2) is 94.0 Å². The van der Waals surface area contributed by atoms with Crippen LogP contribution in [0.15, 0.2) is 59.5 Å². The Labute approximate surface area is 202 Å². The number of rotatable bonds is 9. The second-order valence-electron chi connectivity index (χ2n) is 8.76. The molecule has 2 aromatic carbocycles. The van der Waals surface area contributed by atoms with Crippen LogP contribution in [0.1, 0.15) is 22.3 Å². The van der Waals surface area contributed by atoms with Gasteiger partial charge in [0, 0.05) is 57.9 Å². The summed E-state index contributed by atoms with van der Waals surface area (Å²) in [6.45, 7) is 8.04. The second kappa shape index (κ2) is 11.9. The summed E-state index contributed by atoms with van der Waals surface area (Å²) in [5.74, 6) is -0.0531. The normalized spacial score (nSPS) is 18.6. The number of benzene rings is 2. The van der Waals surface area contributed by atoms with Gasteiger partial charge in [-0.05, 0) is 42.8 Å². The molecule has 2 heterocycles. The lowest BCUT2D eigenvalue weighted by molar-refractivity contribution is 0.0374. The number of nitrogens with one attached hydrogen (secondary N) is 1. The van der Waals surface area contributed by atoms with E-state index < -0.39 is 10.0 Å². The molecule has 2 aliphatic heterocycles. The molecule has 0 spiro atoms. The lowest BCUT2D eigenvalue weighted by Crippen LogP contribution is -2.48. The summed E-state index contributed by atoms with van der Waals surface area (Å²) in [6, 6.07) is 16.3. The van der Waals surface area contributed by atoms with E-state index in [0.29, 0.717) is 49.7 Å². The van der Waals surface area contributed by atoms with Crippen molar-refractivity contribution < 1.29 is 17.9 Å². The monoisotopic (exact) mass is 486 g/mol. The van der Waals surface area contributed by atoms with Crippen LogP contribution in [0.25, 0.3) is 0 Å². The fraction of sp³-hybridized carbons (Fsp3) is 0.480. The zero-order valence-corrected chi connectivity index (χ0v) is 20.4. The Morgan fingerprint density at radius 3 is 2.35 bits per heavy atom. The van der Waals surface area contributed by atoms with Crippen LogP contribution in [-0.2, 0) is 21.3 Å². The lowest BCUT2D eigenvalue weighted by atomic mass is 10.1. The third kappa shape index (κ3) is 6.64. The molecule has 1 N–H and O–H groups in total. The van der Waals surface area contributed by atoms with Gasteiger partial charge in [-0.15, -0.1) is 0 Å². The number of carbonyl (C=O) groups is 1. The van der Waals surface area contributed by atoms with Gasteiger partial charge in [0.15, 0.2) is 0 Å². The van der Waals surface area contributed by atoms with Crippen LogP contribution in [0.2, 0.25) is 0 Å². The van der Waals surface area contributed by atoms with Gasteiger partial charge in [0.05, 0.1) is 18.1 Å². The molecule has 0 unspecified atom stereocenters. The first-order valence-electron chi connectivity index (χ1n) is 12.0. The topological polar surface area (TPSA) is 82.2 Å². The molecule has 0 aromatic heterocycles. The number of sulfonamides is 1. The SMILES string of the molecule is O=C(NCCCN1CCOCC1)c1cccc(CN2CCN(S(=O)(=O)c3ccccc3)CC2)c1. The highest BCUT2D eigenvalue weighted by Gasteiger charge is 2.28. The number of amides is 1. The molecule has 0 radical (unpaired) electrons. The van der Waals surface area contributed by atoms with Crippen molar-refractivity contribution in [2.75, 3.05) is 65.6 Å². The smallest absolute Gasteiger partial charge is 0.251 e. The van der Waals surface area contributed by atoms with E-state index in [2.05, 4.69) is 15.1 Å². The Morgan fingerprint density at radius 1 is 0.882 bits per heavy atom. The largest absolute Gasteiger partial charge is 0.379 e. The standard InChI is InChI=1S/C25H34N4O4S/c30-25(26-10-5-11-27-16-18-33-19-17-27)23-7-4-6-22(20-23)21-28-12-14-29(15-13-28)34(31,32)24-8-2-1-3-9-24/h1-4,6-9,20H,5,10-19,21H2,(H,26,30). The molecule has 34 heavy (non-hydrogen) atoms. The molecule has 0 atom stereocenters. The third-order valence-corrected chi connectivity index (χ3v) is 8.26. The van der Waals surface area contributed by atoms with Gasteiger partial charge in [-0.3, -0.25) is 14.6 Å². The fourth-order valence-electron chi connectivity index (χ4n) is 4.37. The van der Waals surface area contributed by atoms with E-state index in [1.54, 1.807) is 28.6 Å². The molecule has 1 amide bonds. The zero-order chi connectivity index (χ0) is 23.8. The van der Waals surface area contributed by atoms with Crippen LogP contribution >= 0.6 is 0 Å². The van der Waals surface area contributed by atoms with Gasteiger partial charge >= 0.3 is 0 Å². The first-order valence-corrected chi connectivity index (χ1v) is 13.4. The summed E-state index contributed by atoms with van der Waals surface area (Å²) in [5.41, 5.74) is 1.72. The molecule has 2 aromatic rings. The fourth-order valence-corrected chi connectivity index (χ4v) is 5.81. The molecule has 0 bridgehead atoms. The average molecular weight is 487 g/mol. The van der Waals surface area contributed by atoms with Crippen LogP contribution in [0, 0.1) is 0 Å². The molecular weight excluding hydrogens is 452 g/mol. The Bertz CT molecular complexity index is 1030. The Hall–Kier alpha value is -2.30. The summed E-state index contributed by atoms with van der Waals surface area (Å²) in [5, 5.41) is 3.02. The van der Waals surface area contributed by atoms with E-state index in [1.165, 1.54) is 0 Å². The van der Waals surface area contributed by atoms with Gasteiger partial charge in [-0.25, -0.2) is 8.42 Å². The molecule has 184 valence electrons. The van der Waals surface area contributed by atoms with Crippen LogP contribution in [0.3, 0.4) is 0 Å². The van der Waals surface area contributed by atoms with E-state index >= 15 is 0 Å². The first kappa shape index (κ1) is 24.8. The molecule has 8 nitrogen and oxygen atoms in total. The zero-order valence-electron chi connectivity index (χ0n) is 19.6. The molecule has 9 heteroatoms. The highest BCUT2D eigenvalue weighted by Crippen LogP contribution is 2.18. The molecule has 2 saturated heterocycles. The number of hydrogen-bond acceptors (Lipinski definition) is 6.